The lowest BCUT2D eigenvalue weighted by Gasteiger charge is -2.26. The molecule has 2 aromatic rings. The topological polar surface area (TPSA) is 52.7 Å². The molecular formula is C22H26ClN3O2. The van der Waals surface area contributed by atoms with E-state index in [0.29, 0.717) is 24.4 Å². The predicted molar refractivity (Wildman–Crippen MR) is 113 cm³/mol. The van der Waals surface area contributed by atoms with Gasteiger partial charge in [-0.05, 0) is 49.8 Å². The van der Waals surface area contributed by atoms with Crippen LogP contribution < -0.4 is 10.2 Å². The second-order valence-electron chi connectivity index (χ2n) is 7.30. The quantitative estimate of drug-likeness (QED) is 0.776. The minimum atomic E-state index is -0.0381. The lowest BCUT2D eigenvalue weighted by Crippen LogP contribution is -2.35. The first-order valence-corrected chi connectivity index (χ1v) is 9.90. The van der Waals surface area contributed by atoms with Gasteiger partial charge in [0.1, 0.15) is 0 Å². The second kappa shape index (κ2) is 9.22. The summed E-state index contributed by atoms with van der Waals surface area (Å²) in [6.45, 7) is 1.25. The number of nitrogens with zero attached hydrogens (tertiary/aromatic N) is 2. The summed E-state index contributed by atoms with van der Waals surface area (Å²) in [5.41, 5.74) is 2.82. The largest absolute Gasteiger partial charge is 0.354 e. The maximum absolute atomic E-state index is 12.4. The van der Waals surface area contributed by atoms with E-state index in [1.807, 2.05) is 67.5 Å². The molecule has 1 heterocycles. The fraction of sp³-hybridized carbons (Fsp3) is 0.364. The number of carbonyl (C=O) groups excluding carboxylic acids is 2. The molecule has 1 fully saturated rings. The Morgan fingerprint density at radius 3 is 2.50 bits per heavy atom. The molecule has 0 bridgehead atoms. The van der Waals surface area contributed by atoms with Crippen LogP contribution in [-0.2, 0) is 16.0 Å². The molecule has 2 aromatic carbocycles. The van der Waals surface area contributed by atoms with Gasteiger partial charge >= 0.3 is 0 Å². The smallest absolute Gasteiger partial charge is 0.227 e. The highest BCUT2D eigenvalue weighted by atomic mass is 35.5. The summed E-state index contributed by atoms with van der Waals surface area (Å²) in [7, 11) is 3.94. The summed E-state index contributed by atoms with van der Waals surface area (Å²) in [5, 5.41) is 3.71. The Kier molecular flexibility index (Phi) is 6.70. The number of nitrogens with one attached hydrogen (secondary N) is 1. The summed E-state index contributed by atoms with van der Waals surface area (Å²) in [6, 6.07) is 15.4. The zero-order valence-electron chi connectivity index (χ0n) is 16.3. The van der Waals surface area contributed by atoms with Crippen molar-refractivity contribution in [2.75, 3.05) is 32.1 Å². The number of benzene rings is 2. The summed E-state index contributed by atoms with van der Waals surface area (Å²) in [4.78, 5) is 28.1. The van der Waals surface area contributed by atoms with Crippen molar-refractivity contribution in [1.82, 2.24) is 10.2 Å². The lowest BCUT2D eigenvalue weighted by molar-refractivity contribution is -0.120. The van der Waals surface area contributed by atoms with Crippen LogP contribution in [0, 0.1) is 0 Å². The Labute approximate surface area is 171 Å². The number of hydrogen-bond acceptors (Lipinski definition) is 3. The number of likely N-dealkylation sites (N-methyl/N-ethyl adjacent to an activating group) is 1. The van der Waals surface area contributed by atoms with Crippen molar-refractivity contribution in [3.63, 3.8) is 0 Å². The van der Waals surface area contributed by atoms with E-state index in [9.17, 15) is 9.59 Å². The summed E-state index contributed by atoms with van der Waals surface area (Å²) in [5.74, 6) is 0.128. The molecule has 1 aliphatic heterocycles. The van der Waals surface area contributed by atoms with Crippen LogP contribution in [0.15, 0.2) is 48.5 Å². The molecular weight excluding hydrogens is 374 g/mol. The Morgan fingerprint density at radius 1 is 1.18 bits per heavy atom. The molecule has 28 heavy (non-hydrogen) atoms. The lowest BCUT2D eigenvalue weighted by atomic mass is 10.1. The van der Waals surface area contributed by atoms with Crippen LogP contribution in [-0.4, -0.2) is 43.9 Å². The standard InChI is InChI=1S/C22H26ClN3O2/c1-25(2)20(18-6-3-4-7-19(18)23)15-24-21(27)14-16-9-11-17(12-10-16)26-13-5-8-22(26)28/h3-4,6-7,9-12,20H,5,8,13-15H2,1-2H3,(H,24,27)/t20-/m1/s1. The monoisotopic (exact) mass is 399 g/mol. The Hall–Kier alpha value is -2.37. The van der Waals surface area contributed by atoms with Gasteiger partial charge in [0, 0.05) is 30.2 Å². The van der Waals surface area contributed by atoms with Crippen molar-refractivity contribution in [1.29, 1.82) is 0 Å². The number of hydrogen-bond donors (Lipinski definition) is 1. The van der Waals surface area contributed by atoms with Crippen LogP contribution in [0.25, 0.3) is 0 Å². The fourth-order valence-electron chi connectivity index (χ4n) is 3.49. The van der Waals surface area contributed by atoms with E-state index in [1.165, 1.54) is 0 Å². The van der Waals surface area contributed by atoms with Gasteiger partial charge in [0.15, 0.2) is 0 Å². The molecule has 0 spiro atoms. The van der Waals surface area contributed by atoms with Gasteiger partial charge in [-0.25, -0.2) is 0 Å². The van der Waals surface area contributed by atoms with E-state index in [-0.39, 0.29) is 17.9 Å². The molecule has 0 radical (unpaired) electrons. The molecule has 3 rings (SSSR count). The van der Waals surface area contributed by atoms with E-state index in [1.54, 1.807) is 4.90 Å². The molecule has 1 aliphatic rings. The van der Waals surface area contributed by atoms with Gasteiger partial charge in [-0.1, -0.05) is 41.9 Å². The highest BCUT2D eigenvalue weighted by molar-refractivity contribution is 6.31. The van der Waals surface area contributed by atoms with Crippen molar-refractivity contribution in [3.8, 4) is 0 Å². The second-order valence-corrected chi connectivity index (χ2v) is 7.70. The summed E-state index contributed by atoms with van der Waals surface area (Å²) >= 11 is 6.32. The van der Waals surface area contributed by atoms with Crippen molar-refractivity contribution in [2.24, 2.45) is 0 Å². The van der Waals surface area contributed by atoms with Crippen molar-refractivity contribution < 1.29 is 9.59 Å². The zero-order valence-corrected chi connectivity index (χ0v) is 17.1. The average molecular weight is 400 g/mol. The van der Waals surface area contributed by atoms with Gasteiger partial charge in [0.05, 0.1) is 12.5 Å². The number of carbonyl (C=O) groups is 2. The third-order valence-corrected chi connectivity index (χ3v) is 5.41. The first-order chi connectivity index (χ1) is 13.5. The molecule has 1 atom stereocenters. The maximum Gasteiger partial charge on any atom is 0.227 e. The van der Waals surface area contributed by atoms with Crippen LogP contribution >= 0.6 is 11.6 Å². The Bertz CT molecular complexity index is 836. The van der Waals surface area contributed by atoms with Crippen molar-refractivity contribution in [2.45, 2.75) is 25.3 Å². The first kappa shape index (κ1) is 20.4. The van der Waals surface area contributed by atoms with E-state index >= 15 is 0 Å². The molecule has 148 valence electrons. The molecule has 2 amide bonds. The van der Waals surface area contributed by atoms with E-state index < -0.39 is 0 Å². The molecule has 1 N–H and O–H groups in total. The van der Waals surface area contributed by atoms with Gasteiger partial charge in [-0.2, -0.15) is 0 Å². The predicted octanol–water partition coefficient (Wildman–Crippen LogP) is 3.43. The normalized spacial score (nSPS) is 15.1. The highest BCUT2D eigenvalue weighted by Crippen LogP contribution is 2.25. The van der Waals surface area contributed by atoms with E-state index in [0.717, 1.165) is 29.8 Å². The molecule has 0 unspecified atom stereocenters. The van der Waals surface area contributed by atoms with Crippen LogP contribution in [0.5, 0.6) is 0 Å². The van der Waals surface area contributed by atoms with Crippen LogP contribution in [0.4, 0.5) is 5.69 Å². The SMILES string of the molecule is CN(C)[C@H](CNC(=O)Cc1ccc(N2CCCC2=O)cc1)c1ccccc1Cl. The third-order valence-electron chi connectivity index (χ3n) is 5.07. The average Bonchev–Trinajstić information content (AvgIpc) is 3.09. The number of halogens is 1. The third kappa shape index (κ3) is 4.91. The molecule has 0 aliphatic carbocycles. The van der Waals surface area contributed by atoms with Crippen LogP contribution in [0.1, 0.15) is 30.0 Å². The molecule has 5 nitrogen and oxygen atoms in total. The molecule has 6 heteroatoms. The molecule has 0 aromatic heterocycles. The maximum atomic E-state index is 12.4. The minimum absolute atomic E-state index is 0.00112. The highest BCUT2D eigenvalue weighted by Gasteiger charge is 2.21. The van der Waals surface area contributed by atoms with Crippen molar-refractivity contribution >= 4 is 29.1 Å². The van der Waals surface area contributed by atoms with Gasteiger partial charge in [0.2, 0.25) is 11.8 Å². The van der Waals surface area contributed by atoms with Crippen molar-refractivity contribution in [3.05, 3.63) is 64.7 Å². The van der Waals surface area contributed by atoms with E-state index in [4.69, 9.17) is 11.6 Å². The fourth-order valence-corrected chi connectivity index (χ4v) is 3.75. The summed E-state index contributed by atoms with van der Waals surface area (Å²) in [6.07, 6.45) is 1.82. The van der Waals surface area contributed by atoms with Gasteiger partial charge in [-0.3, -0.25) is 9.59 Å². The molecule has 0 saturated carbocycles. The molecule has 1 saturated heterocycles. The number of amides is 2. The first-order valence-electron chi connectivity index (χ1n) is 9.52. The van der Waals surface area contributed by atoms with Crippen LogP contribution in [0.2, 0.25) is 5.02 Å². The van der Waals surface area contributed by atoms with E-state index in [2.05, 4.69) is 5.32 Å². The number of rotatable bonds is 7. The van der Waals surface area contributed by atoms with Gasteiger partial charge in [-0.15, -0.1) is 0 Å². The minimum Gasteiger partial charge on any atom is -0.354 e. The van der Waals surface area contributed by atoms with Gasteiger partial charge < -0.3 is 15.1 Å². The Balaban J connectivity index is 1.57. The Morgan fingerprint density at radius 2 is 1.89 bits per heavy atom. The zero-order chi connectivity index (χ0) is 20.1. The summed E-state index contributed by atoms with van der Waals surface area (Å²) < 4.78 is 0. The van der Waals surface area contributed by atoms with Gasteiger partial charge in [0.25, 0.3) is 0 Å². The number of anilines is 1. The van der Waals surface area contributed by atoms with Crippen LogP contribution in [0.3, 0.4) is 0 Å².